The Morgan fingerprint density at radius 1 is 1.15 bits per heavy atom. The molecular formula is C24H21FN8O. The molecule has 1 aromatic carbocycles. The summed E-state index contributed by atoms with van der Waals surface area (Å²) < 4.78 is 19.8. The van der Waals surface area contributed by atoms with Crippen molar-refractivity contribution in [1.82, 2.24) is 25.3 Å². The molecule has 0 saturated carbocycles. The molecule has 0 aliphatic carbocycles. The number of nitrogens with one attached hydrogen (secondary N) is 2. The minimum atomic E-state index is -0.479. The smallest absolute Gasteiger partial charge is 0.162 e. The van der Waals surface area contributed by atoms with Crippen LogP contribution >= 0.6 is 0 Å². The van der Waals surface area contributed by atoms with Crippen LogP contribution in [0.25, 0.3) is 22.3 Å². The number of aromatic nitrogens is 4. The summed E-state index contributed by atoms with van der Waals surface area (Å²) in [6, 6.07) is 9.66. The van der Waals surface area contributed by atoms with E-state index in [0.717, 1.165) is 37.4 Å². The highest BCUT2D eigenvalue weighted by atomic mass is 19.1. The first-order valence-corrected chi connectivity index (χ1v) is 10.7. The number of anilines is 3. The van der Waals surface area contributed by atoms with Gasteiger partial charge >= 0.3 is 0 Å². The number of piperazine rings is 1. The number of methoxy groups -OCH3 is 1. The van der Waals surface area contributed by atoms with Gasteiger partial charge in [-0.3, -0.25) is 4.98 Å². The standard InChI is InChI=1S/C24H21FN8O/c1-34-20-14-28-13-19-22(20)24(33-8-6-27-7-9-33)32-23(31-19)16-4-5-29-21(11-16)30-18-10-15(12-26)2-3-17(18)25/h2-5,10-11,13-14,27H,6-9H2,1H3,(H,29,30). The molecule has 0 bridgehead atoms. The first kappa shape index (κ1) is 21.5. The van der Waals surface area contributed by atoms with Crippen LogP contribution < -0.4 is 20.3 Å². The van der Waals surface area contributed by atoms with Crippen molar-refractivity contribution in [2.45, 2.75) is 0 Å². The van der Waals surface area contributed by atoms with Gasteiger partial charge in [0.05, 0.1) is 47.7 Å². The van der Waals surface area contributed by atoms with Crippen LogP contribution in [0.1, 0.15) is 5.56 Å². The van der Waals surface area contributed by atoms with Gasteiger partial charge in [0.25, 0.3) is 0 Å². The van der Waals surface area contributed by atoms with Gasteiger partial charge in [-0.1, -0.05) is 0 Å². The van der Waals surface area contributed by atoms with Gasteiger partial charge in [-0.15, -0.1) is 0 Å². The second kappa shape index (κ2) is 9.25. The monoisotopic (exact) mass is 456 g/mol. The summed E-state index contributed by atoms with van der Waals surface area (Å²) in [6.07, 6.45) is 4.96. The molecule has 9 nitrogen and oxygen atoms in total. The van der Waals surface area contributed by atoms with Crippen molar-refractivity contribution in [3.05, 3.63) is 60.3 Å². The zero-order valence-corrected chi connectivity index (χ0v) is 18.4. The number of nitrogens with zero attached hydrogens (tertiary/aromatic N) is 6. The molecule has 10 heteroatoms. The molecule has 1 aliphatic rings. The molecule has 1 fully saturated rings. The molecule has 3 aromatic heterocycles. The maximum atomic E-state index is 14.3. The summed E-state index contributed by atoms with van der Waals surface area (Å²) in [4.78, 5) is 20.4. The fraction of sp³-hybridized carbons (Fsp3) is 0.208. The number of hydrogen-bond donors (Lipinski definition) is 2. The molecule has 34 heavy (non-hydrogen) atoms. The molecule has 4 aromatic rings. The van der Waals surface area contributed by atoms with E-state index in [9.17, 15) is 4.39 Å². The van der Waals surface area contributed by atoms with E-state index in [1.165, 1.54) is 18.2 Å². The molecule has 0 unspecified atom stereocenters. The summed E-state index contributed by atoms with van der Waals surface area (Å²) in [5.74, 6) is 1.81. The third-order valence-corrected chi connectivity index (χ3v) is 5.57. The maximum absolute atomic E-state index is 14.3. The number of pyridine rings is 2. The zero-order valence-electron chi connectivity index (χ0n) is 18.4. The Hall–Kier alpha value is -4.36. The van der Waals surface area contributed by atoms with Gasteiger partial charge in [0.15, 0.2) is 5.82 Å². The van der Waals surface area contributed by atoms with E-state index in [0.29, 0.717) is 34.0 Å². The fourth-order valence-electron chi connectivity index (χ4n) is 3.89. The van der Waals surface area contributed by atoms with E-state index >= 15 is 0 Å². The minimum Gasteiger partial charge on any atom is -0.494 e. The largest absolute Gasteiger partial charge is 0.494 e. The van der Waals surface area contributed by atoms with Crippen molar-refractivity contribution in [2.24, 2.45) is 0 Å². The zero-order chi connectivity index (χ0) is 23.5. The number of rotatable bonds is 5. The number of benzene rings is 1. The molecule has 5 rings (SSSR count). The number of ether oxygens (including phenoxy) is 1. The minimum absolute atomic E-state index is 0.165. The van der Waals surface area contributed by atoms with Crippen molar-refractivity contribution in [3.8, 4) is 23.2 Å². The quantitative estimate of drug-likeness (QED) is 0.467. The molecule has 170 valence electrons. The predicted molar refractivity (Wildman–Crippen MR) is 127 cm³/mol. The molecule has 1 aliphatic heterocycles. The van der Waals surface area contributed by atoms with Crippen LogP contribution in [0.4, 0.5) is 21.7 Å². The van der Waals surface area contributed by atoms with Gasteiger partial charge < -0.3 is 20.3 Å². The van der Waals surface area contributed by atoms with E-state index in [1.54, 1.807) is 37.8 Å². The van der Waals surface area contributed by atoms with Gasteiger partial charge in [-0.25, -0.2) is 19.3 Å². The Bertz CT molecular complexity index is 1400. The van der Waals surface area contributed by atoms with E-state index < -0.39 is 5.82 Å². The van der Waals surface area contributed by atoms with Gasteiger partial charge in [0.2, 0.25) is 0 Å². The van der Waals surface area contributed by atoms with Gasteiger partial charge in [-0.2, -0.15) is 5.26 Å². The average molecular weight is 456 g/mol. The highest BCUT2D eigenvalue weighted by Gasteiger charge is 2.21. The number of halogens is 1. The Morgan fingerprint density at radius 3 is 2.79 bits per heavy atom. The van der Waals surface area contributed by atoms with Crippen LogP contribution in [0.15, 0.2) is 48.9 Å². The first-order valence-electron chi connectivity index (χ1n) is 10.7. The van der Waals surface area contributed by atoms with Gasteiger partial charge in [-0.05, 0) is 30.3 Å². The third-order valence-electron chi connectivity index (χ3n) is 5.57. The Morgan fingerprint density at radius 2 is 2.00 bits per heavy atom. The normalized spacial score (nSPS) is 13.5. The lowest BCUT2D eigenvalue weighted by Crippen LogP contribution is -2.44. The third kappa shape index (κ3) is 4.16. The Balaban J connectivity index is 1.58. The number of hydrogen-bond acceptors (Lipinski definition) is 9. The fourth-order valence-corrected chi connectivity index (χ4v) is 3.89. The maximum Gasteiger partial charge on any atom is 0.162 e. The molecule has 0 radical (unpaired) electrons. The van der Waals surface area contributed by atoms with Crippen LogP contribution in [0.3, 0.4) is 0 Å². The van der Waals surface area contributed by atoms with Crippen LogP contribution in [0.2, 0.25) is 0 Å². The van der Waals surface area contributed by atoms with E-state index in [2.05, 4.69) is 25.5 Å². The van der Waals surface area contributed by atoms with E-state index in [-0.39, 0.29) is 5.69 Å². The lowest BCUT2D eigenvalue weighted by molar-refractivity contribution is 0.418. The second-order valence-corrected chi connectivity index (χ2v) is 7.70. The molecule has 0 amide bonds. The highest BCUT2D eigenvalue weighted by molar-refractivity contribution is 5.95. The van der Waals surface area contributed by atoms with Crippen molar-refractivity contribution in [3.63, 3.8) is 0 Å². The van der Waals surface area contributed by atoms with Crippen LogP contribution in [-0.2, 0) is 0 Å². The molecule has 2 N–H and O–H groups in total. The van der Waals surface area contributed by atoms with E-state index in [1.807, 2.05) is 6.07 Å². The van der Waals surface area contributed by atoms with Crippen LogP contribution in [0, 0.1) is 17.1 Å². The van der Waals surface area contributed by atoms with Gasteiger partial charge in [0.1, 0.15) is 23.2 Å². The molecular weight excluding hydrogens is 435 g/mol. The van der Waals surface area contributed by atoms with Gasteiger partial charge in [0, 0.05) is 37.9 Å². The second-order valence-electron chi connectivity index (χ2n) is 7.70. The van der Waals surface area contributed by atoms with E-state index in [4.69, 9.17) is 20.0 Å². The number of fused-ring (bicyclic) bond motifs is 1. The Kier molecular flexibility index (Phi) is 5.84. The summed E-state index contributed by atoms with van der Waals surface area (Å²) in [6.45, 7) is 3.30. The SMILES string of the molecule is COc1cncc2nc(-c3ccnc(Nc4cc(C#N)ccc4F)c3)nc(N3CCNCC3)c12. The summed E-state index contributed by atoms with van der Waals surface area (Å²) in [7, 11) is 1.60. The molecule has 4 heterocycles. The predicted octanol–water partition coefficient (Wildman–Crippen LogP) is 3.26. The first-order chi connectivity index (χ1) is 16.7. The van der Waals surface area contributed by atoms with Crippen LogP contribution in [-0.4, -0.2) is 53.2 Å². The van der Waals surface area contributed by atoms with Crippen molar-refractivity contribution >= 4 is 28.2 Å². The number of nitriles is 1. The lowest BCUT2D eigenvalue weighted by Gasteiger charge is -2.29. The van der Waals surface area contributed by atoms with Crippen LogP contribution in [0.5, 0.6) is 5.75 Å². The van der Waals surface area contributed by atoms with Crippen molar-refractivity contribution < 1.29 is 9.13 Å². The lowest BCUT2D eigenvalue weighted by atomic mass is 10.2. The summed E-state index contributed by atoms with van der Waals surface area (Å²) in [5, 5.41) is 16.2. The molecule has 1 saturated heterocycles. The topological polar surface area (TPSA) is 112 Å². The summed E-state index contributed by atoms with van der Waals surface area (Å²) in [5.41, 5.74) is 1.88. The van der Waals surface area contributed by atoms with Crippen molar-refractivity contribution in [2.75, 3.05) is 43.5 Å². The van der Waals surface area contributed by atoms with Crippen molar-refractivity contribution in [1.29, 1.82) is 5.26 Å². The average Bonchev–Trinajstić information content (AvgIpc) is 2.89. The summed E-state index contributed by atoms with van der Waals surface area (Å²) >= 11 is 0. The molecule has 0 spiro atoms. The highest BCUT2D eigenvalue weighted by Crippen LogP contribution is 2.34. The molecule has 0 atom stereocenters. The Labute approximate surface area is 195 Å².